The number of hydrogen-bond donors (Lipinski definition) is 2. The molecule has 0 aromatic heterocycles. The van der Waals surface area contributed by atoms with Crippen molar-refractivity contribution in [2.75, 3.05) is 26.8 Å². The van der Waals surface area contributed by atoms with Gasteiger partial charge in [0.1, 0.15) is 6.10 Å². The molecule has 0 saturated carbocycles. The predicted molar refractivity (Wildman–Crippen MR) is 70.3 cm³/mol. The van der Waals surface area contributed by atoms with Crippen molar-refractivity contribution >= 4 is 0 Å². The summed E-state index contributed by atoms with van der Waals surface area (Å²) in [5, 5.41) is 12.4. The van der Waals surface area contributed by atoms with Gasteiger partial charge < -0.3 is 19.9 Å². The summed E-state index contributed by atoms with van der Waals surface area (Å²) >= 11 is 0. The highest BCUT2D eigenvalue weighted by Crippen LogP contribution is 2.32. The highest BCUT2D eigenvalue weighted by atomic mass is 16.5. The third-order valence-electron chi connectivity index (χ3n) is 3.19. The Kier molecular flexibility index (Phi) is 4.84. The van der Waals surface area contributed by atoms with Crippen LogP contribution in [0.3, 0.4) is 0 Å². The van der Waals surface area contributed by atoms with E-state index in [4.69, 9.17) is 14.6 Å². The summed E-state index contributed by atoms with van der Waals surface area (Å²) in [6, 6.07) is 5.83. The number of nitrogens with one attached hydrogen (secondary N) is 1. The first-order valence-electron chi connectivity index (χ1n) is 6.49. The largest absolute Gasteiger partial charge is 0.493 e. The van der Waals surface area contributed by atoms with Crippen molar-refractivity contribution in [1.82, 2.24) is 5.32 Å². The van der Waals surface area contributed by atoms with Gasteiger partial charge in [-0.3, -0.25) is 0 Å². The summed E-state index contributed by atoms with van der Waals surface area (Å²) in [7, 11) is 1.64. The zero-order valence-corrected chi connectivity index (χ0v) is 10.8. The lowest BCUT2D eigenvalue weighted by molar-refractivity contribution is 0.160. The zero-order valence-electron chi connectivity index (χ0n) is 10.8. The Morgan fingerprint density at radius 2 is 2.33 bits per heavy atom. The standard InChI is InChI=1S/C14H21NO3/c1-17-14-11(7-9-16)4-2-6-13(14)18-12-5-3-8-15-10-12/h2,4,6,12,15-16H,3,5,7-10H2,1H3. The molecule has 4 nitrogen and oxygen atoms in total. The van der Waals surface area contributed by atoms with E-state index in [1.165, 1.54) is 0 Å². The smallest absolute Gasteiger partial charge is 0.164 e. The van der Waals surface area contributed by atoms with Crippen molar-refractivity contribution in [2.24, 2.45) is 0 Å². The third-order valence-corrected chi connectivity index (χ3v) is 3.19. The van der Waals surface area contributed by atoms with Gasteiger partial charge in [-0.1, -0.05) is 12.1 Å². The van der Waals surface area contributed by atoms with E-state index in [-0.39, 0.29) is 12.7 Å². The lowest BCUT2D eigenvalue weighted by Crippen LogP contribution is -2.37. The first kappa shape index (κ1) is 13.2. The van der Waals surface area contributed by atoms with Crippen molar-refractivity contribution in [3.63, 3.8) is 0 Å². The second-order valence-electron chi connectivity index (χ2n) is 4.51. The Labute approximate surface area is 108 Å². The minimum absolute atomic E-state index is 0.116. The Morgan fingerprint density at radius 3 is 3.00 bits per heavy atom. The molecule has 1 atom stereocenters. The number of piperidine rings is 1. The van der Waals surface area contributed by atoms with Crippen LogP contribution in [0.25, 0.3) is 0 Å². The highest BCUT2D eigenvalue weighted by molar-refractivity contribution is 5.46. The van der Waals surface area contributed by atoms with Gasteiger partial charge in [0, 0.05) is 18.7 Å². The minimum Gasteiger partial charge on any atom is -0.493 e. The molecular weight excluding hydrogens is 230 g/mol. The van der Waals surface area contributed by atoms with Crippen LogP contribution in [-0.2, 0) is 6.42 Å². The monoisotopic (exact) mass is 251 g/mol. The Morgan fingerprint density at radius 1 is 1.44 bits per heavy atom. The Balaban J connectivity index is 2.12. The fourth-order valence-electron chi connectivity index (χ4n) is 2.30. The quantitative estimate of drug-likeness (QED) is 0.829. The van der Waals surface area contributed by atoms with Gasteiger partial charge in [-0.25, -0.2) is 0 Å². The molecule has 18 heavy (non-hydrogen) atoms. The van der Waals surface area contributed by atoms with E-state index in [1.54, 1.807) is 7.11 Å². The SMILES string of the molecule is COc1c(CCO)cccc1OC1CCCNC1. The average molecular weight is 251 g/mol. The average Bonchev–Trinajstić information content (AvgIpc) is 2.41. The van der Waals surface area contributed by atoms with Crippen LogP contribution in [0.5, 0.6) is 11.5 Å². The molecule has 100 valence electrons. The topological polar surface area (TPSA) is 50.7 Å². The fraction of sp³-hybridized carbons (Fsp3) is 0.571. The van der Waals surface area contributed by atoms with Gasteiger partial charge in [-0.05, 0) is 31.9 Å². The molecule has 0 amide bonds. The number of rotatable bonds is 5. The van der Waals surface area contributed by atoms with Crippen LogP contribution in [0, 0.1) is 0 Å². The number of hydrogen-bond acceptors (Lipinski definition) is 4. The molecule has 1 aromatic carbocycles. The number of para-hydroxylation sites is 1. The molecule has 1 aromatic rings. The van der Waals surface area contributed by atoms with E-state index >= 15 is 0 Å². The van der Waals surface area contributed by atoms with Crippen LogP contribution in [0.1, 0.15) is 18.4 Å². The molecule has 1 saturated heterocycles. The number of aliphatic hydroxyl groups is 1. The number of aliphatic hydroxyl groups excluding tert-OH is 1. The van der Waals surface area contributed by atoms with Gasteiger partial charge in [0.25, 0.3) is 0 Å². The predicted octanol–water partition coefficient (Wildman–Crippen LogP) is 1.36. The van der Waals surface area contributed by atoms with Crippen LogP contribution in [-0.4, -0.2) is 38.0 Å². The summed E-state index contributed by atoms with van der Waals surface area (Å²) in [5.41, 5.74) is 0.987. The van der Waals surface area contributed by atoms with Crippen LogP contribution < -0.4 is 14.8 Å². The fourth-order valence-corrected chi connectivity index (χ4v) is 2.30. The lowest BCUT2D eigenvalue weighted by Gasteiger charge is -2.25. The minimum atomic E-state index is 0.116. The molecule has 0 aliphatic carbocycles. The van der Waals surface area contributed by atoms with Gasteiger partial charge in [0.05, 0.1) is 7.11 Å². The Bertz CT molecular complexity index is 375. The molecule has 2 N–H and O–H groups in total. The number of ether oxygens (including phenoxy) is 2. The van der Waals surface area contributed by atoms with Gasteiger partial charge >= 0.3 is 0 Å². The van der Waals surface area contributed by atoms with Gasteiger partial charge in [0.2, 0.25) is 0 Å². The summed E-state index contributed by atoms with van der Waals surface area (Å²) in [4.78, 5) is 0. The van der Waals surface area contributed by atoms with Crippen LogP contribution in [0.2, 0.25) is 0 Å². The summed E-state index contributed by atoms with van der Waals surface area (Å²) in [6.45, 7) is 2.07. The maximum atomic E-state index is 9.05. The Hall–Kier alpha value is -1.26. The van der Waals surface area contributed by atoms with E-state index in [9.17, 15) is 0 Å². The molecule has 1 fully saturated rings. The normalized spacial score (nSPS) is 19.6. The molecule has 0 spiro atoms. The van der Waals surface area contributed by atoms with Crippen molar-refractivity contribution < 1.29 is 14.6 Å². The van der Waals surface area contributed by atoms with Crippen molar-refractivity contribution in [1.29, 1.82) is 0 Å². The maximum Gasteiger partial charge on any atom is 0.164 e. The maximum absolute atomic E-state index is 9.05. The molecule has 1 heterocycles. The van der Waals surface area contributed by atoms with Crippen LogP contribution in [0.4, 0.5) is 0 Å². The van der Waals surface area contributed by atoms with Crippen LogP contribution >= 0.6 is 0 Å². The van der Waals surface area contributed by atoms with E-state index in [2.05, 4.69) is 5.32 Å². The van der Waals surface area contributed by atoms with Crippen molar-refractivity contribution in [3.05, 3.63) is 23.8 Å². The molecule has 1 aliphatic rings. The lowest BCUT2D eigenvalue weighted by atomic mass is 10.1. The number of benzene rings is 1. The van der Waals surface area contributed by atoms with Crippen LogP contribution in [0.15, 0.2) is 18.2 Å². The summed E-state index contributed by atoms with van der Waals surface area (Å²) < 4.78 is 11.4. The van der Waals surface area contributed by atoms with E-state index in [1.807, 2.05) is 18.2 Å². The highest BCUT2D eigenvalue weighted by Gasteiger charge is 2.17. The molecule has 0 radical (unpaired) electrons. The zero-order chi connectivity index (χ0) is 12.8. The molecule has 0 bridgehead atoms. The first-order chi connectivity index (χ1) is 8.85. The summed E-state index contributed by atoms with van der Waals surface area (Å²) in [6.07, 6.45) is 3.00. The van der Waals surface area contributed by atoms with E-state index in [0.717, 1.165) is 43.0 Å². The number of methoxy groups -OCH3 is 1. The second-order valence-corrected chi connectivity index (χ2v) is 4.51. The van der Waals surface area contributed by atoms with Gasteiger partial charge in [0.15, 0.2) is 11.5 Å². The molecule has 4 heteroatoms. The third kappa shape index (κ3) is 3.15. The van der Waals surface area contributed by atoms with E-state index < -0.39 is 0 Å². The molecule has 2 rings (SSSR count). The van der Waals surface area contributed by atoms with Crippen molar-refractivity contribution in [3.8, 4) is 11.5 Å². The summed E-state index contributed by atoms with van der Waals surface area (Å²) in [5.74, 6) is 1.52. The molecule has 1 aliphatic heterocycles. The van der Waals surface area contributed by atoms with Gasteiger partial charge in [-0.15, -0.1) is 0 Å². The second kappa shape index (κ2) is 6.61. The molecule has 1 unspecified atom stereocenters. The van der Waals surface area contributed by atoms with Crippen molar-refractivity contribution in [2.45, 2.75) is 25.4 Å². The first-order valence-corrected chi connectivity index (χ1v) is 6.49. The van der Waals surface area contributed by atoms with E-state index in [0.29, 0.717) is 6.42 Å². The molecular formula is C14H21NO3. The van der Waals surface area contributed by atoms with Gasteiger partial charge in [-0.2, -0.15) is 0 Å².